The summed E-state index contributed by atoms with van der Waals surface area (Å²) in [5.41, 5.74) is 7.09. The van der Waals surface area contributed by atoms with E-state index in [9.17, 15) is 22.0 Å². The molecule has 114 valence electrons. The Labute approximate surface area is 116 Å². The van der Waals surface area contributed by atoms with E-state index in [1.807, 2.05) is 12.1 Å². The predicted octanol–water partition coefficient (Wildman–Crippen LogP) is 2.21. The maximum atomic E-state index is 12.6. The molecule has 2 aromatic rings. The lowest BCUT2D eigenvalue weighted by atomic mass is 10.1. The van der Waals surface area contributed by atoms with Gasteiger partial charge >= 0.3 is 0 Å². The Morgan fingerprint density at radius 1 is 0.952 bits per heavy atom. The number of nitrogens with one attached hydrogen (secondary N) is 1. The highest BCUT2D eigenvalue weighted by Gasteiger charge is 2.24. The van der Waals surface area contributed by atoms with Crippen LogP contribution in [-0.2, 0) is 6.54 Å². The molecule has 0 radical (unpaired) electrons. The second-order valence-corrected chi connectivity index (χ2v) is 3.64. The molecule has 9 heteroatoms. The number of aromatic nitrogens is 1. The fraction of sp³-hybridized carbons (Fsp3) is 0.0833. The largest absolute Gasteiger partial charge is 0.326 e. The molecular formula is C12H11F5N4. The van der Waals surface area contributed by atoms with Crippen LogP contribution in [0.2, 0.25) is 0 Å². The molecule has 0 aliphatic heterocycles. The van der Waals surface area contributed by atoms with Gasteiger partial charge in [0.15, 0.2) is 23.3 Å². The van der Waals surface area contributed by atoms with Crippen molar-refractivity contribution in [2.75, 3.05) is 5.43 Å². The fourth-order valence-corrected chi connectivity index (χ4v) is 1.28. The summed E-state index contributed by atoms with van der Waals surface area (Å²) >= 11 is 0. The molecule has 1 aromatic heterocycles. The van der Waals surface area contributed by atoms with Crippen molar-refractivity contribution in [2.24, 2.45) is 11.6 Å². The number of anilines is 1. The number of benzene rings is 1. The smallest absolute Gasteiger partial charge is 0.200 e. The molecule has 1 heterocycles. The highest BCUT2D eigenvalue weighted by atomic mass is 19.2. The zero-order valence-electron chi connectivity index (χ0n) is 10.5. The number of hydrogen-bond acceptors (Lipinski definition) is 4. The average molecular weight is 306 g/mol. The number of nitrogens with zero attached hydrogens (tertiary/aromatic N) is 1. The molecule has 0 aliphatic rings. The van der Waals surface area contributed by atoms with E-state index in [1.165, 1.54) is 0 Å². The summed E-state index contributed by atoms with van der Waals surface area (Å²) in [6.07, 6.45) is 3.35. The van der Waals surface area contributed by atoms with Gasteiger partial charge in [-0.15, -0.1) is 0 Å². The zero-order valence-corrected chi connectivity index (χ0v) is 10.5. The monoisotopic (exact) mass is 306 g/mol. The predicted molar refractivity (Wildman–Crippen MR) is 66.2 cm³/mol. The zero-order chi connectivity index (χ0) is 16.0. The summed E-state index contributed by atoms with van der Waals surface area (Å²) in [7, 11) is 0. The molecule has 2 rings (SSSR count). The number of hydrazine groups is 1. The first kappa shape index (κ1) is 16.8. The molecule has 5 N–H and O–H groups in total. The van der Waals surface area contributed by atoms with Crippen LogP contribution >= 0.6 is 0 Å². The molecule has 0 saturated heterocycles. The van der Waals surface area contributed by atoms with Crippen LogP contribution in [0.4, 0.5) is 27.6 Å². The highest BCUT2D eigenvalue weighted by molar-refractivity contribution is 5.37. The van der Waals surface area contributed by atoms with Gasteiger partial charge in [-0.1, -0.05) is 0 Å². The molecule has 0 amide bonds. The lowest BCUT2D eigenvalue weighted by molar-refractivity contribution is 0.370. The third-order valence-electron chi connectivity index (χ3n) is 2.33. The molecule has 21 heavy (non-hydrogen) atoms. The molecule has 0 atom stereocenters. The van der Waals surface area contributed by atoms with Crippen molar-refractivity contribution in [3.63, 3.8) is 0 Å². The molecule has 0 unspecified atom stereocenters. The number of nitrogens with two attached hydrogens (primary N) is 2. The molecule has 0 fully saturated rings. The summed E-state index contributed by atoms with van der Waals surface area (Å²) in [5, 5.41) is 0. The first-order valence-electron chi connectivity index (χ1n) is 5.51. The number of hydrogen-bond donors (Lipinski definition) is 3. The maximum Gasteiger partial charge on any atom is 0.200 e. The Kier molecular flexibility index (Phi) is 6.00. The van der Waals surface area contributed by atoms with E-state index >= 15 is 0 Å². The first-order valence-corrected chi connectivity index (χ1v) is 5.51. The van der Waals surface area contributed by atoms with Crippen LogP contribution in [0.25, 0.3) is 0 Å². The maximum absolute atomic E-state index is 12.6. The number of halogens is 5. The van der Waals surface area contributed by atoms with E-state index in [2.05, 4.69) is 10.4 Å². The quantitative estimate of drug-likeness (QED) is 0.261. The van der Waals surface area contributed by atoms with Crippen molar-refractivity contribution < 1.29 is 22.0 Å². The fourth-order valence-electron chi connectivity index (χ4n) is 1.28. The second kappa shape index (κ2) is 7.50. The van der Waals surface area contributed by atoms with Gasteiger partial charge in [0.1, 0.15) is 0 Å². The van der Waals surface area contributed by atoms with Gasteiger partial charge in [-0.2, -0.15) is 0 Å². The Morgan fingerprint density at radius 3 is 1.81 bits per heavy atom. The van der Waals surface area contributed by atoms with Crippen LogP contribution in [0.15, 0.2) is 24.5 Å². The lowest BCUT2D eigenvalue weighted by Gasteiger charge is -2.04. The van der Waals surface area contributed by atoms with Crippen molar-refractivity contribution in [3.05, 3.63) is 59.2 Å². The minimum atomic E-state index is -2.17. The molecule has 0 saturated carbocycles. The lowest BCUT2D eigenvalue weighted by Crippen LogP contribution is -2.10. The molecular weight excluding hydrogens is 295 g/mol. The van der Waals surface area contributed by atoms with Gasteiger partial charge < -0.3 is 11.2 Å². The molecule has 1 aromatic carbocycles. The van der Waals surface area contributed by atoms with Crippen LogP contribution in [0.1, 0.15) is 5.56 Å². The Hall–Kier alpha value is -2.26. The molecule has 4 nitrogen and oxygen atoms in total. The third kappa shape index (κ3) is 3.86. The van der Waals surface area contributed by atoms with Crippen molar-refractivity contribution in [1.29, 1.82) is 0 Å². The normalized spacial score (nSPS) is 9.86. The van der Waals surface area contributed by atoms with Crippen LogP contribution in [0.5, 0.6) is 0 Å². The summed E-state index contributed by atoms with van der Waals surface area (Å²) in [6.45, 7) is -0.744. The number of nitrogen functional groups attached to an aromatic ring is 1. The van der Waals surface area contributed by atoms with Gasteiger partial charge in [-0.05, 0) is 12.1 Å². The van der Waals surface area contributed by atoms with E-state index in [-0.39, 0.29) is 0 Å². The summed E-state index contributed by atoms with van der Waals surface area (Å²) in [5.74, 6) is -4.81. The Bertz CT molecular complexity index is 577. The van der Waals surface area contributed by atoms with E-state index in [4.69, 9.17) is 11.6 Å². The van der Waals surface area contributed by atoms with E-state index in [1.54, 1.807) is 12.4 Å². The van der Waals surface area contributed by atoms with E-state index in [0.29, 0.717) is 0 Å². The Morgan fingerprint density at radius 2 is 1.48 bits per heavy atom. The minimum absolute atomic E-state index is 0.744. The first-order chi connectivity index (χ1) is 9.93. The van der Waals surface area contributed by atoms with Gasteiger partial charge in [0.25, 0.3) is 0 Å². The van der Waals surface area contributed by atoms with Gasteiger partial charge in [-0.3, -0.25) is 10.8 Å². The van der Waals surface area contributed by atoms with Gasteiger partial charge in [-0.25, -0.2) is 22.0 Å². The van der Waals surface area contributed by atoms with Crippen LogP contribution in [-0.4, -0.2) is 4.98 Å². The van der Waals surface area contributed by atoms with Crippen molar-refractivity contribution in [2.45, 2.75) is 6.54 Å². The molecule has 0 aliphatic carbocycles. The van der Waals surface area contributed by atoms with Gasteiger partial charge in [0, 0.05) is 18.3 Å². The third-order valence-corrected chi connectivity index (χ3v) is 2.33. The standard InChI is InChI=1S/C7H4F5N.C5H7N3/c8-3-2(1-13)4(9)6(11)7(12)5(3)10;6-8-5-2-1-3-7-4-5/h1,13H2;1-4,8H,6H2. The van der Waals surface area contributed by atoms with Gasteiger partial charge in [0.2, 0.25) is 5.82 Å². The summed E-state index contributed by atoms with van der Waals surface area (Å²) in [4.78, 5) is 3.81. The number of rotatable bonds is 2. The summed E-state index contributed by atoms with van der Waals surface area (Å²) in [6, 6.07) is 3.65. The van der Waals surface area contributed by atoms with E-state index < -0.39 is 41.2 Å². The van der Waals surface area contributed by atoms with Crippen molar-refractivity contribution >= 4 is 5.69 Å². The molecule has 0 bridgehead atoms. The molecule has 0 spiro atoms. The summed E-state index contributed by atoms with van der Waals surface area (Å²) < 4.78 is 62.3. The van der Waals surface area contributed by atoms with Crippen LogP contribution in [0.3, 0.4) is 0 Å². The topological polar surface area (TPSA) is 77.0 Å². The van der Waals surface area contributed by atoms with Gasteiger partial charge in [0.05, 0.1) is 11.9 Å². The number of pyridine rings is 1. The van der Waals surface area contributed by atoms with E-state index in [0.717, 1.165) is 5.69 Å². The van der Waals surface area contributed by atoms with Crippen LogP contribution < -0.4 is 17.0 Å². The van der Waals surface area contributed by atoms with Crippen molar-refractivity contribution in [1.82, 2.24) is 4.98 Å². The SMILES string of the molecule is NCc1c(F)c(F)c(F)c(F)c1F.NNc1cccnc1. The van der Waals surface area contributed by atoms with Crippen LogP contribution in [0, 0.1) is 29.1 Å². The average Bonchev–Trinajstić information content (AvgIpc) is 2.53. The Balaban J connectivity index is 0.000000235. The second-order valence-electron chi connectivity index (χ2n) is 3.64. The minimum Gasteiger partial charge on any atom is -0.326 e. The highest BCUT2D eigenvalue weighted by Crippen LogP contribution is 2.22. The van der Waals surface area contributed by atoms with Crippen molar-refractivity contribution in [3.8, 4) is 0 Å².